The van der Waals surface area contributed by atoms with Crippen molar-refractivity contribution in [1.82, 2.24) is 0 Å². The second-order valence-corrected chi connectivity index (χ2v) is 4.50. The van der Waals surface area contributed by atoms with Crippen LogP contribution in [0, 0.1) is 5.92 Å². The summed E-state index contributed by atoms with van der Waals surface area (Å²) in [6, 6.07) is 5.21. The summed E-state index contributed by atoms with van der Waals surface area (Å²) >= 11 is 12.0. The number of rotatable bonds is 4. The van der Waals surface area contributed by atoms with E-state index in [4.69, 9.17) is 28.3 Å². The number of carboxylic acid groups (broad SMARTS) is 1. The van der Waals surface area contributed by atoms with Gasteiger partial charge in [-0.15, -0.1) is 0 Å². The second kappa shape index (κ2) is 5.41. The quantitative estimate of drug-likeness (QED) is 0.906. The lowest BCUT2D eigenvalue weighted by molar-refractivity contribution is -0.140. The fourth-order valence-electron chi connectivity index (χ4n) is 1.43. The van der Waals surface area contributed by atoms with Crippen LogP contribution in [0.5, 0.6) is 0 Å². The summed E-state index contributed by atoms with van der Waals surface area (Å²) in [5.41, 5.74) is 0.666. The lowest BCUT2D eigenvalue weighted by Crippen LogP contribution is -2.28. The maximum Gasteiger partial charge on any atom is 0.308 e. The molecule has 1 aromatic carbocycles. The summed E-state index contributed by atoms with van der Waals surface area (Å²) < 4.78 is 0. The molecule has 0 aliphatic rings. The van der Waals surface area contributed by atoms with E-state index in [9.17, 15) is 4.79 Å². The van der Waals surface area contributed by atoms with Gasteiger partial charge in [-0.3, -0.25) is 4.79 Å². The molecule has 1 aromatic rings. The molecule has 0 aromatic heterocycles. The molecule has 3 nitrogen and oxygen atoms in total. The minimum atomic E-state index is -0.838. The van der Waals surface area contributed by atoms with E-state index in [1.165, 1.54) is 0 Å². The van der Waals surface area contributed by atoms with Crippen LogP contribution in [0.3, 0.4) is 0 Å². The topological polar surface area (TPSA) is 40.5 Å². The zero-order valence-corrected chi connectivity index (χ0v) is 10.6. The van der Waals surface area contributed by atoms with Gasteiger partial charge in [-0.1, -0.05) is 36.2 Å². The van der Waals surface area contributed by atoms with Gasteiger partial charge in [0.25, 0.3) is 0 Å². The molecule has 0 aliphatic carbocycles. The number of carboxylic acids is 1. The van der Waals surface area contributed by atoms with Crippen LogP contribution in [-0.2, 0) is 4.79 Å². The van der Waals surface area contributed by atoms with Gasteiger partial charge in [0.05, 0.1) is 21.7 Å². The number of para-hydroxylation sites is 1. The van der Waals surface area contributed by atoms with Gasteiger partial charge in [-0.2, -0.15) is 0 Å². The van der Waals surface area contributed by atoms with Gasteiger partial charge in [0.1, 0.15) is 0 Å². The summed E-state index contributed by atoms with van der Waals surface area (Å²) in [4.78, 5) is 12.5. The highest BCUT2D eigenvalue weighted by atomic mass is 35.5. The first-order chi connectivity index (χ1) is 7.43. The van der Waals surface area contributed by atoms with Gasteiger partial charge in [-0.05, 0) is 12.1 Å². The summed E-state index contributed by atoms with van der Waals surface area (Å²) in [5, 5.41) is 9.87. The van der Waals surface area contributed by atoms with E-state index in [1.54, 1.807) is 37.1 Å². The van der Waals surface area contributed by atoms with E-state index in [2.05, 4.69) is 0 Å². The normalized spacial score (nSPS) is 12.2. The Bertz CT molecular complexity index is 375. The molecular weight excluding hydrogens is 249 g/mol. The zero-order valence-electron chi connectivity index (χ0n) is 9.08. The van der Waals surface area contributed by atoms with Gasteiger partial charge in [0, 0.05) is 13.6 Å². The number of anilines is 1. The maximum atomic E-state index is 10.7. The van der Waals surface area contributed by atoms with E-state index < -0.39 is 11.9 Å². The van der Waals surface area contributed by atoms with Crippen molar-refractivity contribution in [3.8, 4) is 0 Å². The van der Waals surface area contributed by atoms with E-state index in [-0.39, 0.29) is 0 Å². The Balaban J connectivity index is 2.88. The summed E-state index contributed by atoms with van der Waals surface area (Å²) in [5.74, 6) is -1.31. The number of carbonyl (C=O) groups is 1. The van der Waals surface area contributed by atoms with E-state index in [0.29, 0.717) is 22.3 Å². The Morgan fingerprint density at radius 3 is 2.38 bits per heavy atom. The second-order valence-electron chi connectivity index (χ2n) is 3.69. The molecule has 16 heavy (non-hydrogen) atoms. The monoisotopic (exact) mass is 261 g/mol. The molecule has 0 saturated heterocycles. The largest absolute Gasteiger partial charge is 0.481 e. The summed E-state index contributed by atoms with van der Waals surface area (Å²) in [7, 11) is 1.77. The van der Waals surface area contributed by atoms with Crippen molar-refractivity contribution in [2.75, 3.05) is 18.5 Å². The van der Waals surface area contributed by atoms with Crippen molar-refractivity contribution in [1.29, 1.82) is 0 Å². The van der Waals surface area contributed by atoms with Crippen LogP contribution in [0.2, 0.25) is 10.0 Å². The van der Waals surface area contributed by atoms with Crippen molar-refractivity contribution in [2.45, 2.75) is 6.92 Å². The van der Waals surface area contributed by atoms with Gasteiger partial charge < -0.3 is 10.0 Å². The Morgan fingerprint density at radius 1 is 1.44 bits per heavy atom. The SMILES string of the molecule is CC(CN(C)c1c(Cl)cccc1Cl)C(=O)O. The summed E-state index contributed by atoms with van der Waals surface area (Å²) in [6.07, 6.45) is 0. The third-order valence-corrected chi connectivity index (χ3v) is 2.90. The molecule has 0 heterocycles. The highest BCUT2D eigenvalue weighted by molar-refractivity contribution is 6.39. The third-order valence-electron chi connectivity index (χ3n) is 2.29. The third kappa shape index (κ3) is 3.03. The lowest BCUT2D eigenvalue weighted by atomic mass is 10.1. The van der Waals surface area contributed by atoms with Crippen LogP contribution in [-0.4, -0.2) is 24.7 Å². The first kappa shape index (κ1) is 13.1. The molecule has 0 amide bonds. The Hall–Kier alpha value is -0.930. The van der Waals surface area contributed by atoms with Crippen LogP contribution >= 0.6 is 23.2 Å². The fraction of sp³-hybridized carbons (Fsp3) is 0.364. The summed E-state index contributed by atoms with van der Waals surface area (Å²) in [6.45, 7) is 2.00. The number of aliphatic carboxylic acids is 1. The molecule has 0 aliphatic heterocycles. The average molecular weight is 262 g/mol. The van der Waals surface area contributed by atoms with Crippen LogP contribution in [0.1, 0.15) is 6.92 Å². The minimum Gasteiger partial charge on any atom is -0.481 e. The number of hydrogen-bond donors (Lipinski definition) is 1. The van der Waals surface area contributed by atoms with Crippen molar-refractivity contribution < 1.29 is 9.90 Å². The van der Waals surface area contributed by atoms with Crippen LogP contribution in [0.15, 0.2) is 18.2 Å². The molecule has 0 bridgehead atoms. The molecule has 0 saturated carbocycles. The Morgan fingerprint density at radius 2 is 1.94 bits per heavy atom. The zero-order chi connectivity index (χ0) is 12.3. The standard InChI is InChI=1S/C11H13Cl2NO2/c1-7(11(15)16)6-14(2)10-8(12)4-3-5-9(10)13/h3-5,7H,6H2,1-2H3,(H,15,16). The molecule has 1 N–H and O–H groups in total. The molecular formula is C11H13Cl2NO2. The maximum absolute atomic E-state index is 10.7. The van der Waals surface area contributed by atoms with Crippen molar-refractivity contribution in [2.24, 2.45) is 5.92 Å². The highest BCUT2D eigenvalue weighted by Gasteiger charge is 2.17. The predicted octanol–water partition coefficient (Wildman–Crippen LogP) is 3.15. The first-order valence-corrected chi connectivity index (χ1v) is 5.57. The fourth-order valence-corrected chi connectivity index (χ4v) is 2.12. The molecule has 0 spiro atoms. The van der Waals surface area contributed by atoms with E-state index >= 15 is 0 Å². The van der Waals surface area contributed by atoms with Gasteiger partial charge in [0.15, 0.2) is 0 Å². The molecule has 0 fully saturated rings. The molecule has 1 atom stereocenters. The first-order valence-electron chi connectivity index (χ1n) is 4.81. The molecule has 1 rings (SSSR count). The average Bonchev–Trinajstić information content (AvgIpc) is 2.16. The number of benzene rings is 1. The van der Waals surface area contributed by atoms with Gasteiger partial charge in [0.2, 0.25) is 0 Å². The van der Waals surface area contributed by atoms with E-state index in [0.717, 1.165) is 0 Å². The van der Waals surface area contributed by atoms with Gasteiger partial charge in [-0.25, -0.2) is 0 Å². The molecule has 0 radical (unpaired) electrons. The van der Waals surface area contributed by atoms with E-state index in [1.807, 2.05) is 0 Å². The van der Waals surface area contributed by atoms with Gasteiger partial charge >= 0.3 is 5.97 Å². The predicted molar refractivity (Wildman–Crippen MR) is 66.5 cm³/mol. The Kier molecular flexibility index (Phi) is 4.44. The minimum absolute atomic E-state index is 0.360. The smallest absolute Gasteiger partial charge is 0.308 e. The van der Waals surface area contributed by atoms with Crippen molar-refractivity contribution >= 4 is 34.9 Å². The lowest BCUT2D eigenvalue weighted by Gasteiger charge is -2.23. The number of hydrogen-bond acceptors (Lipinski definition) is 2. The van der Waals surface area contributed by atoms with Crippen LogP contribution in [0.4, 0.5) is 5.69 Å². The van der Waals surface area contributed by atoms with Crippen molar-refractivity contribution in [3.05, 3.63) is 28.2 Å². The van der Waals surface area contributed by atoms with Crippen LogP contribution in [0.25, 0.3) is 0 Å². The Labute approximate surface area is 105 Å². The number of halogens is 2. The molecule has 1 unspecified atom stereocenters. The number of nitrogens with zero attached hydrogens (tertiary/aromatic N) is 1. The van der Waals surface area contributed by atoms with Crippen LogP contribution < -0.4 is 4.90 Å². The highest BCUT2D eigenvalue weighted by Crippen LogP contribution is 2.32. The molecule has 5 heteroatoms. The van der Waals surface area contributed by atoms with Crippen molar-refractivity contribution in [3.63, 3.8) is 0 Å². The molecule has 88 valence electrons.